The first-order valence-electron chi connectivity index (χ1n) is 6.64. The van der Waals surface area contributed by atoms with E-state index in [1.54, 1.807) is 6.07 Å². The second kappa shape index (κ2) is 8.02. The van der Waals surface area contributed by atoms with Gasteiger partial charge in [-0.3, -0.25) is 0 Å². The summed E-state index contributed by atoms with van der Waals surface area (Å²) < 4.78 is 1.18. The number of hydrogen-bond acceptors (Lipinski definition) is 1. The van der Waals surface area contributed by atoms with Gasteiger partial charge in [0.2, 0.25) is 0 Å². The molecule has 0 heterocycles. The van der Waals surface area contributed by atoms with E-state index in [1.165, 1.54) is 9.13 Å². The predicted molar refractivity (Wildman–Crippen MR) is 101 cm³/mol. The van der Waals surface area contributed by atoms with Crippen molar-refractivity contribution in [2.45, 2.75) is 19.4 Å². The molecule has 0 spiro atoms. The molecule has 0 aliphatic rings. The minimum absolute atomic E-state index is 0.150. The van der Waals surface area contributed by atoms with Gasteiger partial charge in [-0.2, -0.15) is 0 Å². The van der Waals surface area contributed by atoms with E-state index in [2.05, 4.69) is 34.8 Å². The summed E-state index contributed by atoms with van der Waals surface area (Å²) in [5.41, 5.74) is 2.21. The van der Waals surface area contributed by atoms with Crippen LogP contribution in [0.3, 0.4) is 0 Å². The number of hydrogen-bond donors (Lipinski definition) is 1. The monoisotopic (exact) mass is 453 g/mol. The zero-order chi connectivity index (χ0) is 15.4. The smallest absolute Gasteiger partial charge is 0.0624 e. The summed E-state index contributed by atoms with van der Waals surface area (Å²) in [6.07, 6.45) is 0.767. The van der Waals surface area contributed by atoms with Crippen LogP contribution in [-0.4, -0.2) is 6.54 Å². The minimum atomic E-state index is 0.150. The summed E-state index contributed by atoms with van der Waals surface area (Å²) in [5, 5.41) is 5.45. The standard InChI is InChI=1S/C16H15Cl3IN/c1-2-21-15(12-9-11(17)6-7-14(12)20)8-10-4-3-5-13(18)16(10)19/h3-7,9,15,21H,2,8H2,1H3. The van der Waals surface area contributed by atoms with Gasteiger partial charge >= 0.3 is 0 Å². The minimum Gasteiger partial charge on any atom is -0.310 e. The van der Waals surface area contributed by atoms with Crippen LogP contribution in [0.2, 0.25) is 15.1 Å². The summed E-state index contributed by atoms with van der Waals surface area (Å²) in [6.45, 7) is 2.95. The number of nitrogens with one attached hydrogen (secondary N) is 1. The van der Waals surface area contributed by atoms with Crippen LogP contribution in [0.25, 0.3) is 0 Å². The first-order valence-corrected chi connectivity index (χ1v) is 8.85. The molecule has 0 aliphatic carbocycles. The lowest BCUT2D eigenvalue weighted by atomic mass is 9.98. The molecular weight excluding hydrogens is 439 g/mol. The van der Waals surface area contributed by atoms with Gasteiger partial charge in [0, 0.05) is 14.6 Å². The van der Waals surface area contributed by atoms with E-state index >= 15 is 0 Å². The van der Waals surface area contributed by atoms with Crippen molar-refractivity contribution < 1.29 is 0 Å². The Labute approximate surface area is 154 Å². The molecule has 0 bridgehead atoms. The Morgan fingerprint density at radius 3 is 2.62 bits per heavy atom. The fraction of sp³-hybridized carbons (Fsp3) is 0.250. The van der Waals surface area contributed by atoms with E-state index in [0.29, 0.717) is 10.0 Å². The third kappa shape index (κ3) is 4.49. The average Bonchev–Trinajstić information content (AvgIpc) is 2.46. The summed E-state index contributed by atoms with van der Waals surface area (Å²) >= 11 is 20.9. The van der Waals surface area contributed by atoms with Crippen molar-refractivity contribution in [1.82, 2.24) is 5.32 Å². The SMILES string of the molecule is CCNC(Cc1cccc(Cl)c1Cl)c1cc(Cl)ccc1I. The molecular formula is C16H15Cl3IN. The summed E-state index contributed by atoms with van der Waals surface area (Å²) in [7, 11) is 0. The van der Waals surface area contributed by atoms with E-state index < -0.39 is 0 Å². The van der Waals surface area contributed by atoms with Gasteiger partial charge in [0.25, 0.3) is 0 Å². The van der Waals surface area contributed by atoms with Crippen molar-refractivity contribution >= 4 is 57.4 Å². The molecule has 1 N–H and O–H groups in total. The molecule has 1 nitrogen and oxygen atoms in total. The van der Waals surface area contributed by atoms with E-state index in [4.69, 9.17) is 34.8 Å². The van der Waals surface area contributed by atoms with E-state index in [-0.39, 0.29) is 6.04 Å². The molecule has 2 aromatic rings. The maximum Gasteiger partial charge on any atom is 0.0624 e. The van der Waals surface area contributed by atoms with Crippen molar-refractivity contribution in [1.29, 1.82) is 0 Å². The van der Waals surface area contributed by atoms with Crippen molar-refractivity contribution in [3.63, 3.8) is 0 Å². The quantitative estimate of drug-likeness (QED) is 0.535. The Morgan fingerprint density at radius 1 is 1.14 bits per heavy atom. The van der Waals surface area contributed by atoms with Crippen molar-refractivity contribution in [3.05, 3.63) is 66.2 Å². The maximum absolute atomic E-state index is 6.31. The van der Waals surface area contributed by atoms with Crippen LogP contribution in [0.1, 0.15) is 24.1 Å². The molecule has 0 saturated carbocycles. The highest BCUT2D eigenvalue weighted by Crippen LogP contribution is 2.31. The van der Waals surface area contributed by atoms with Crippen LogP contribution in [0.5, 0.6) is 0 Å². The molecule has 0 fully saturated rings. The summed E-state index contributed by atoms with van der Waals surface area (Å²) in [4.78, 5) is 0. The van der Waals surface area contributed by atoms with Crippen molar-refractivity contribution in [2.24, 2.45) is 0 Å². The lowest BCUT2D eigenvalue weighted by Crippen LogP contribution is -2.24. The first-order chi connectivity index (χ1) is 10.0. The fourth-order valence-corrected chi connectivity index (χ4v) is 3.54. The number of likely N-dealkylation sites (N-methyl/N-ethyl adjacent to an activating group) is 1. The zero-order valence-electron chi connectivity index (χ0n) is 11.5. The van der Waals surface area contributed by atoms with Crippen LogP contribution >= 0.6 is 57.4 Å². The largest absolute Gasteiger partial charge is 0.310 e. The maximum atomic E-state index is 6.31. The highest BCUT2D eigenvalue weighted by atomic mass is 127. The number of rotatable bonds is 5. The molecule has 2 rings (SSSR count). The molecule has 0 saturated heterocycles. The lowest BCUT2D eigenvalue weighted by Gasteiger charge is -2.21. The van der Waals surface area contributed by atoms with Gasteiger partial charge in [-0.1, -0.05) is 53.9 Å². The van der Waals surface area contributed by atoms with Gasteiger partial charge in [-0.15, -0.1) is 0 Å². The highest BCUT2D eigenvalue weighted by molar-refractivity contribution is 14.1. The summed E-state index contributed by atoms with van der Waals surface area (Å²) in [5.74, 6) is 0. The van der Waals surface area contributed by atoms with Gasteiger partial charge in [0.1, 0.15) is 0 Å². The van der Waals surface area contributed by atoms with Crippen LogP contribution < -0.4 is 5.32 Å². The molecule has 112 valence electrons. The molecule has 0 aromatic heterocycles. The van der Waals surface area contributed by atoms with Crippen LogP contribution in [0.15, 0.2) is 36.4 Å². The van der Waals surface area contributed by atoms with Gasteiger partial charge < -0.3 is 5.32 Å². The van der Waals surface area contributed by atoms with Crippen LogP contribution in [0.4, 0.5) is 0 Å². The molecule has 0 radical (unpaired) electrons. The number of halogens is 4. The topological polar surface area (TPSA) is 12.0 Å². The average molecular weight is 455 g/mol. The fourth-order valence-electron chi connectivity index (χ4n) is 2.25. The van der Waals surface area contributed by atoms with Crippen molar-refractivity contribution in [3.8, 4) is 0 Å². The van der Waals surface area contributed by atoms with Crippen LogP contribution in [-0.2, 0) is 6.42 Å². The molecule has 21 heavy (non-hydrogen) atoms. The Morgan fingerprint density at radius 2 is 1.90 bits per heavy atom. The normalized spacial score (nSPS) is 12.4. The molecule has 0 aliphatic heterocycles. The second-order valence-electron chi connectivity index (χ2n) is 4.69. The Hall–Kier alpha value is -0.000000000000000111. The third-order valence-corrected chi connectivity index (χ3v) is 5.32. The lowest BCUT2D eigenvalue weighted by molar-refractivity contribution is 0.548. The van der Waals surface area contributed by atoms with Gasteiger partial charge in [-0.05, 0) is 70.9 Å². The highest BCUT2D eigenvalue weighted by Gasteiger charge is 2.17. The molecule has 0 amide bonds. The Kier molecular flexibility index (Phi) is 6.63. The first kappa shape index (κ1) is 17.4. The molecule has 1 unspecified atom stereocenters. The number of benzene rings is 2. The third-order valence-electron chi connectivity index (χ3n) is 3.24. The molecule has 1 atom stereocenters. The predicted octanol–water partition coefficient (Wildman–Crippen LogP) is 6.14. The summed E-state index contributed by atoms with van der Waals surface area (Å²) in [6, 6.07) is 11.8. The van der Waals surface area contributed by atoms with E-state index in [9.17, 15) is 0 Å². The zero-order valence-corrected chi connectivity index (χ0v) is 15.9. The molecule has 2 aromatic carbocycles. The van der Waals surface area contributed by atoms with E-state index in [1.807, 2.05) is 30.3 Å². The van der Waals surface area contributed by atoms with Gasteiger partial charge in [0.05, 0.1) is 10.0 Å². The van der Waals surface area contributed by atoms with Gasteiger partial charge in [0.15, 0.2) is 0 Å². The Balaban J connectivity index is 2.35. The van der Waals surface area contributed by atoms with Crippen molar-refractivity contribution in [2.75, 3.05) is 6.54 Å². The second-order valence-corrected chi connectivity index (χ2v) is 7.08. The van der Waals surface area contributed by atoms with Crippen LogP contribution in [0, 0.1) is 3.57 Å². The Bertz CT molecular complexity index is 631. The molecule has 5 heteroatoms. The van der Waals surface area contributed by atoms with Gasteiger partial charge in [-0.25, -0.2) is 0 Å². The van der Waals surface area contributed by atoms with E-state index in [0.717, 1.165) is 23.6 Å².